The molecule has 9 nitrogen and oxygen atoms in total. The minimum absolute atomic E-state index is 0.0450. The number of likely N-dealkylation sites (N-methyl/N-ethyl adjacent to an activating group) is 1. The van der Waals surface area contributed by atoms with Crippen LogP contribution < -0.4 is 16.2 Å². The second-order valence-electron chi connectivity index (χ2n) is 6.79. The van der Waals surface area contributed by atoms with Crippen molar-refractivity contribution in [2.24, 2.45) is 0 Å². The smallest absolute Gasteiger partial charge is 0.337 e. The summed E-state index contributed by atoms with van der Waals surface area (Å²) >= 11 is 1.38. The van der Waals surface area contributed by atoms with Gasteiger partial charge in [-0.2, -0.15) is 4.98 Å². The van der Waals surface area contributed by atoms with Crippen LogP contribution in [0.1, 0.15) is 0 Å². The van der Waals surface area contributed by atoms with E-state index in [2.05, 4.69) is 21.8 Å². The lowest BCUT2D eigenvalue weighted by molar-refractivity contribution is 0.311. The lowest BCUT2D eigenvalue weighted by Crippen LogP contribution is -2.45. The van der Waals surface area contributed by atoms with Crippen molar-refractivity contribution in [2.45, 2.75) is 0 Å². The Labute approximate surface area is 167 Å². The Morgan fingerprint density at radius 2 is 1.66 bits per heavy atom. The number of aromatic nitrogens is 3. The summed E-state index contributed by atoms with van der Waals surface area (Å²) in [4.78, 5) is 38.3. The predicted octanol–water partition coefficient (Wildman–Crippen LogP) is 1.88. The SMILES string of the molecule is CN1CCN(c2nc3ccccc3sc3nc4oc(=O)ccc(=O)oc4n23)CC1. The number of hydrogen-bond donors (Lipinski definition) is 0. The first-order chi connectivity index (χ1) is 14.1. The standard InChI is InChI=1S/C19H17N5O4S/c1-22-8-10-23(11-9-22)18-20-12-4-2-3-5-13(12)29-19-21-16-17(24(18)19)28-15(26)7-6-14(25)27-16/h2-7H,8-11H2,1H3. The van der Waals surface area contributed by atoms with E-state index in [1.165, 1.54) is 11.3 Å². The fourth-order valence-electron chi connectivity index (χ4n) is 3.27. The molecule has 3 aromatic heterocycles. The van der Waals surface area contributed by atoms with E-state index >= 15 is 0 Å². The van der Waals surface area contributed by atoms with Gasteiger partial charge >= 0.3 is 11.3 Å². The molecule has 0 bridgehead atoms. The van der Waals surface area contributed by atoms with Crippen molar-refractivity contribution in [3.8, 4) is 0 Å². The Hall–Kier alpha value is -3.24. The Morgan fingerprint density at radius 3 is 2.45 bits per heavy atom. The van der Waals surface area contributed by atoms with Gasteiger partial charge in [0.05, 0.1) is 10.2 Å². The van der Waals surface area contributed by atoms with Gasteiger partial charge in [0, 0.05) is 38.3 Å². The molecule has 0 aliphatic carbocycles. The quantitative estimate of drug-likeness (QED) is 0.468. The summed E-state index contributed by atoms with van der Waals surface area (Å²) in [6.45, 7) is 3.25. The monoisotopic (exact) mass is 411 g/mol. The molecule has 0 saturated carbocycles. The van der Waals surface area contributed by atoms with Gasteiger partial charge in [0.1, 0.15) is 0 Å². The summed E-state index contributed by atoms with van der Waals surface area (Å²) in [6, 6.07) is 9.80. The molecular weight excluding hydrogens is 394 g/mol. The molecule has 5 rings (SSSR count). The van der Waals surface area contributed by atoms with Crippen LogP contribution in [0.25, 0.3) is 26.6 Å². The molecule has 0 spiro atoms. The van der Waals surface area contributed by atoms with Crippen molar-refractivity contribution in [1.82, 2.24) is 19.3 Å². The van der Waals surface area contributed by atoms with Crippen LogP contribution in [0.5, 0.6) is 0 Å². The van der Waals surface area contributed by atoms with Crippen LogP contribution in [-0.4, -0.2) is 52.5 Å². The topological polar surface area (TPSA) is 97.1 Å². The number of imidazole rings is 1. The van der Waals surface area contributed by atoms with Gasteiger partial charge in [-0.25, -0.2) is 19.0 Å². The maximum Gasteiger partial charge on any atom is 0.337 e. The minimum atomic E-state index is -0.681. The highest BCUT2D eigenvalue weighted by molar-refractivity contribution is 7.22. The minimum Gasteiger partial charge on any atom is -0.400 e. The highest BCUT2D eigenvalue weighted by Crippen LogP contribution is 2.27. The van der Waals surface area contributed by atoms with E-state index in [-0.39, 0.29) is 11.4 Å². The largest absolute Gasteiger partial charge is 0.400 e. The van der Waals surface area contributed by atoms with Gasteiger partial charge in [0.15, 0.2) is 0 Å². The maximum absolute atomic E-state index is 12.1. The molecule has 0 atom stereocenters. The highest BCUT2D eigenvalue weighted by Gasteiger charge is 2.22. The number of anilines is 1. The van der Waals surface area contributed by atoms with Gasteiger partial charge in [-0.1, -0.05) is 23.5 Å². The molecule has 1 saturated heterocycles. The predicted molar refractivity (Wildman–Crippen MR) is 110 cm³/mol. The van der Waals surface area contributed by atoms with Crippen LogP contribution in [0.4, 0.5) is 5.95 Å². The second kappa shape index (κ2) is 6.98. The molecular formula is C19H17N5O4S. The Balaban J connectivity index is 1.95. The fraction of sp³-hybridized carbons (Fsp3) is 0.263. The van der Waals surface area contributed by atoms with Crippen LogP contribution in [0, 0.1) is 0 Å². The molecule has 10 heteroatoms. The van der Waals surface area contributed by atoms with Gasteiger partial charge in [0.25, 0.3) is 11.4 Å². The highest BCUT2D eigenvalue weighted by atomic mass is 32.1. The van der Waals surface area contributed by atoms with Gasteiger partial charge in [-0.3, -0.25) is 0 Å². The van der Waals surface area contributed by atoms with E-state index in [0.717, 1.165) is 48.5 Å². The zero-order valence-corrected chi connectivity index (χ0v) is 16.4. The second-order valence-corrected chi connectivity index (χ2v) is 7.80. The molecule has 1 fully saturated rings. The first kappa shape index (κ1) is 17.8. The van der Waals surface area contributed by atoms with Crippen molar-refractivity contribution >= 4 is 43.9 Å². The van der Waals surface area contributed by atoms with Crippen molar-refractivity contribution in [3.63, 3.8) is 0 Å². The van der Waals surface area contributed by atoms with Crippen LogP contribution >= 0.6 is 11.3 Å². The third-order valence-corrected chi connectivity index (χ3v) is 5.82. The van der Waals surface area contributed by atoms with Gasteiger partial charge < -0.3 is 18.6 Å². The first-order valence-corrected chi connectivity index (χ1v) is 9.94. The molecule has 0 radical (unpaired) electrons. The van der Waals surface area contributed by atoms with E-state index in [1.807, 2.05) is 24.3 Å². The molecule has 0 amide bonds. The average Bonchev–Trinajstić information content (AvgIpc) is 2.91. The molecule has 0 N–H and O–H groups in total. The summed E-state index contributed by atoms with van der Waals surface area (Å²) in [5.41, 5.74) is -0.536. The third kappa shape index (κ3) is 3.26. The third-order valence-electron chi connectivity index (χ3n) is 4.80. The lowest BCUT2D eigenvalue weighted by Gasteiger charge is -2.32. The zero-order valence-electron chi connectivity index (χ0n) is 15.6. The van der Waals surface area contributed by atoms with Crippen molar-refractivity contribution in [1.29, 1.82) is 0 Å². The first-order valence-electron chi connectivity index (χ1n) is 9.12. The van der Waals surface area contributed by atoms with Crippen molar-refractivity contribution in [3.05, 3.63) is 57.2 Å². The molecule has 1 aliphatic heterocycles. The fourth-order valence-corrected chi connectivity index (χ4v) is 4.22. The number of rotatable bonds is 1. The number of fused-ring (bicyclic) bond motifs is 4. The number of nitrogens with zero attached hydrogens (tertiary/aromatic N) is 5. The summed E-state index contributed by atoms with van der Waals surface area (Å²) in [6.07, 6.45) is 0. The Bertz CT molecular complexity index is 1390. The van der Waals surface area contributed by atoms with Crippen molar-refractivity contribution in [2.75, 3.05) is 38.1 Å². The van der Waals surface area contributed by atoms with E-state index in [4.69, 9.17) is 13.8 Å². The normalized spacial score (nSPS) is 15.3. The number of para-hydroxylation sites is 1. The molecule has 4 heterocycles. The number of hydrogen-bond acceptors (Lipinski definition) is 9. The van der Waals surface area contributed by atoms with Crippen LogP contribution in [-0.2, 0) is 0 Å². The summed E-state index contributed by atoms with van der Waals surface area (Å²) in [7, 11) is 2.07. The van der Waals surface area contributed by atoms with E-state index in [9.17, 15) is 9.59 Å². The molecule has 29 heavy (non-hydrogen) atoms. The van der Waals surface area contributed by atoms with Crippen LogP contribution in [0.15, 0.2) is 54.8 Å². The summed E-state index contributed by atoms with van der Waals surface area (Å²) in [5, 5.41) is 0. The van der Waals surface area contributed by atoms with E-state index < -0.39 is 11.3 Å². The molecule has 4 aromatic rings. The van der Waals surface area contributed by atoms with Crippen molar-refractivity contribution < 1.29 is 8.83 Å². The molecule has 148 valence electrons. The average molecular weight is 411 g/mol. The number of benzene rings is 1. The van der Waals surface area contributed by atoms with Crippen LogP contribution in [0.3, 0.4) is 0 Å². The zero-order chi connectivity index (χ0) is 20.0. The lowest BCUT2D eigenvalue weighted by atomic mass is 10.3. The van der Waals surface area contributed by atoms with Gasteiger partial charge in [0.2, 0.25) is 10.9 Å². The Morgan fingerprint density at radius 1 is 0.931 bits per heavy atom. The number of piperazine rings is 1. The Kier molecular flexibility index (Phi) is 4.29. The molecule has 1 aromatic carbocycles. The van der Waals surface area contributed by atoms with Crippen LogP contribution in [0.2, 0.25) is 0 Å². The van der Waals surface area contributed by atoms with Gasteiger partial charge in [-0.15, -0.1) is 0 Å². The summed E-state index contributed by atoms with van der Waals surface area (Å²) < 4.78 is 13.3. The van der Waals surface area contributed by atoms with E-state index in [1.54, 1.807) is 4.40 Å². The maximum atomic E-state index is 12.1. The van der Waals surface area contributed by atoms with E-state index in [0.29, 0.717) is 10.9 Å². The summed E-state index contributed by atoms with van der Waals surface area (Å²) in [5.74, 6) is 0.590. The molecule has 0 unspecified atom stereocenters. The molecule has 1 aliphatic rings. The van der Waals surface area contributed by atoms with Gasteiger partial charge in [-0.05, 0) is 19.2 Å².